The molecule has 0 saturated heterocycles. The first-order valence-electron chi connectivity index (χ1n) is 11.8. The number of hydrogen-bond donors (Lipinski definition) is 1. The van der Waals surface area contributed by atoms with E-state index in [1.165, 1.54) is 0 Å². The Balaban J connectivity index is 1.37. The SMILES string of the molecule is CCC1(OC(=O)COC23CC4CC(C2)C(OC(=O)C(F)(F)S(=O)(=O)O)C(C4)C3)CCCCC1. The molecule has 0 heterocycles. The smallest absolute Gasteiger partial charge is 0.457 e. The first kappa shape index (κ1) is 24.8. The summed E-state index contributed by atoms with van der Waals surface area (Å²) >= 11 is 0. The van der Waals surface area contributed by atoms with Gasteiger partial charge in [0, 0.05) is 0 Å². The average molecular weight is 495 g/mol. The van der Waals surface area contributed by atoms with Crippen LogP contribution in [0.25, 0.3) is 0 Å². The van der Waals surface area contributed by atoms with Gasteiger partial charge in [0.2, 0.25) is 0 Å². The number of carbonyl (C=O) groups is 2. The Morgan fingerprint density at radius 2 is 1.67 bits per heavy atom. The summed E-state index contributed by atoms with van der Waals surface area (Å²) in [5.74, 6) is -2.93. The van der Waals surface area contributed by atoms with Gasteiger partial charge in [-0.1, -0.05) is 13.3 Å². The number of hydrogen-bond acceptors (Lipinski definition) is 7. The molecule has 11 heteroatoms. The Hall–Kier alpha value is -1.33. The molecule has 5 saturated carbocycles. The highest BCUT2D eigenvalue weighted by molar-refractivity contribution is 7.87. The van der Waals surface area contributed by atoms with Gasteiger partial charge in [0.05, 0.1) is 5.60 Å². The maximum Gasteiger partial charge on any atom is 0.465 e. The standard InChI is InChI=1S/C22H32F2O8S/c1-2-20(6-4-3-5-7-20)32-17(25)13-30-21-10-14-8-15(11-21)18(16(9-14)12-21)31-19(26)22(23,24)33(27,28)29/h14-16,18H,2-13H2,1H3,(H,27,28,29). The van der Waals surface area contributed by atoms with Crippen molar-refractivity contribution in [3.05, 3.63) is 0 Å². The lowest BCUT2D eigenvalue weighted by Gasteiger charge is -2.58. The number of esters is 2. The van der Waals surface area contributed by atoms with Gasteiger partial charge in [0.1, 0.15) is 18.3 Å². The molecule has 188 valence electrons. The summed E-state index contributed by atoms with van der Waals surface area (Å²) in [4.78, 5) is 24.4. The molecule has 0 amide bonds. The predicted molar refractivity (Wildman–Crippen MR) is 111 cm³/mol. The summed E-state index contributed by atoms with van der Waals surface area (Å²) in [5.41, 5.74) is -1.02. The minimum atomic E-state index is -5.91. The molecule has 0 spiro atoms. The van der Waals surface area contributed by atoms with Crippen LogP contribution < -0.4 is 0 Å². The summed E-state index contributed by atoms with van der Waals surface area (Å²) in [7, 11) is -5.91. The van der Waals surface area contributed by atoms with Gasteiger partial charge in [-0.05, 0) is 82.0 Å². The highest BCUT2D eigenvalue weighted by Crippen LogP contribution is 2.58. The Bertz CT molecular complexity index is 867. The molecule has 5 aliphatic carbocycles. The van der Waals surface area contributed by atoms with Crippen molar-refractivity contribution in [3.63, 3.8) is 0 Å². The van der Waals surface area contributed by atoms with Crippen LogP contribution in [0.15, 0.2) is 0 Å². The molecule has 5 fully saturated rings. The van der Waals surface area contributed by atoms with Gasteiger partial charge >= 0.3 is 27.3 Å². The molecule has 5 rings (SSSR count). The Morgan fingerprint density at radius 1 is 1.06 bits per heavy atom. The van der Waals surface area contributed by atoms with Crippen LogP contribution in [0.3, 0.4) is 0 Å². The Labute approximate surface area is 192 Å². The van der Waals surface area contributed by atoms with Gasteiger partial charge in [0.15, 0.2) is 0 Å². The molecule has 0 radical (unpaired) electrons. The lowest BCUT2D eigenvalue weighted by Crippen LogP contribution is -2.60. The molecule has 2 atom stereocenters. The normalized spacial score (nSPS) is 35.3. The number of rotatable bonds is 8. The Morgan fingerprint density at radius 3 is 2.21 bits per heavy atom. The molecule has 0 aromatic rings. The lowest BCUT2D eigenvalue weighted by molar-refractivity contribution is -0.224. The zero-order valence-electron chi connectivity index (χ0n) is 18.8. The molecule has 1 N–H and O–H groups in total. The first-order valence-corrected chi connectivity index (χ1v) is 13.2. The lowest BCUT2D eigenvalue weighted by atomic mass is 9.53. The van der Waals surface area contributed by atoms with Crippen LogP contribution >= 0.6 is 0 Å². The molecule has 2 unspecified atom stereocenters. The molecule has 5 aliphatic rings. The fourth-order valence-corrected chi connectivity index (χ4v) is 7.04. The highest BCUT2D eigenvalue weighted by atomic mass is 32.2. The van der Waals surface area contributed by atoms with Crippen LogP contribution in [0.5, 0.6) is 0 Å². The quantitative estimate of drug-likeness (QED) is 0.402. The van der Waals surface area contributed by atoms with Crippen LogP contribution in [0.4, 0.5) is 8.78 Å². The van der Waals surface area contributed by atoms with Gasteiger partial charge in [-0.25, -0.2) is 9.59 Å². The third-order valence-electron chi connectivity index (χ3n) is 8.17. The van der Waals surface area contributed by atoms with E-state index in [2.05, 4.69) is 0 Å². The van der Waals surface area contributed by atoms with Crippen molar-refractivity contribution in [2.45, 2.75) is 100 Å². The van der Waals surface area contributed by atoms with Crippen LogP contribution in [0, 0.1) is 17.8 Å². The third-order valence-corrected chi connectivity index (χ3v) is 8.99. The van der Waals surface area contributed by atoms with E-state index in [-0.39, 0.29) is 24.4 Å². The third kappa shape index (κ3) is 4.77. The second kappa shape index (κ2) is 8.71. The van der Waals surface area contributed by atoms with Crippen molar-refractivity contribution >= 4 is 22.1 Å². The van der Waals surface area contributed by atoms with Gasteiger partial charge in [-0.3, -0.25) is 4.55 Å². The predicted octanol–water partition coefficient (Wildman–Crippen LogP) is 3.63. The van der Waals surface area contributed by atoms with Crippen molar-refractivity contribution < 1.29 is 45.6 Å². The van der Waals surface area contributed by atoms with E-state index in [1.807, 2.05) is 6.92 Å². The zero-order valence-corrected chi connectivity index (χ0v) is 19.6. The zero-order chi connectivity index (χ0) is 24.1. The second-order valence-corrected chi connectivity index (χ2v) is 11.8. The number of halogens is 2. The van der Waals surface area contributed by atoms with Crippen LogP contribution in [0.1, 0.15) is 77.6 Å². The van der Waals surface area contributed by atoms with E-state index in [9.17, 15) is 26.8 Å². The molecule has 4 bridgehead atoms. The van der Waals surface area contributed by atoms with Crippen molar-refractivity contribution in [3.8, 4) is 0 Å². The van der Waals surface area contributed by atoms with Gasteiger partial charge in [-0.15, -0.1) is 0 Å². The van der Waals surface area contributed by atoms with E-state index in [4.69, 9.17) is 18.8 Å². The number of carbonyl (C=O) groups excluding carboxylic acids is 2. The first-order chi connectivity index (χ1) is 15.4. The van der Waals surface area contributed by atoms with E-state index < -0.39 is 44.6 Å². The number of ether oxygens (including phenoxy) is 3. The maximum absolute atomic E-state index is 13.7. The van der Waals surface area contributed by atoms with Crippen molar-refractivity contribution in [1.29, 1.82) is 0 Å². The largest absolute Gasteiger partial charge is 0.465 e. The fourth-order valence-electron chi connectivity index (χ4n) is 6.78. The molecule has 0 aromatic carbocycles. The molecule has 33 heavy (non-hydrogen) atoms. The molecule has 0 aliphatic heterocycles. The van der Waals surface area contributed by atoms with Gasteiger partial charge < -0.3 is 14.2 Å². The molecule has 8 nitrogen and oxygen atoms in total. The Kier molecular flexibility index (Phi) is 6.54. The summed E-state index contributed by atoms with van der Waals surface area (Å²) in [6, 6.07) is 0. The highest BCUT2D eigenvalue weighted by Gasteiger charge is 2.60. The summed E-state index contributed by atoms with van der Waals surface area (Å²) < 4.78 is 74.7. The summed E-state index contributed by atoms with van der Waals surface area (Å²) in [5, 5.41) is -5.01. The van der Waals surface area contributed by atoms with Crippen molar-refractivity contribution in [1.82, 2.24) is 0 Å². The topological polar surface area (TPSA) is 116 Å². The monoisotopic (exact) mass is 494 g/mol. The second-order valence-electron chi connectivity index (χ2n) is 10.4. The van der Waals surface area contributed by atoms with Crippen LogP contribution in [-0.4, -0.2) is 54.1 Å². The number of alkyl halides is 2. The molecular weight excluding hydrogens is 462 g/mol. The van der Waals surface area contributed by atoms with E-state index >= 15 is 0 Å². The maximum atomic E-state index is 13.7. The summed E-state index contributed by atoms with van der Waals surface area (Å²) in [6.07, 6.45) is 7.74. The fraction of sp³-hybridized carbons (Fsp3) is 0.909. The minimum absolute atomic E-state index is 0.181. The minimum Gasteiger partial charge on any atom is -0.457 e. The molecule has 0 aromatic heterocycles. The van der Waals surface area contributed by atoms with Crippen molar-refractivity contribution in [2.24, 2.45) is 17.8 Å². The molecular formula is C22H32F2O8S. The van der Waals surface area contributed by atoms with Crippen molar-refractivity contribution in [2.75, 3.05) is 6.61 Å². The van der Waals surface area contributed by atoms with Crippen LogP contribution in [0.2, 0.25) is 0 Å². The summed E-state index contributed by atoms with van der Waals surface area (Å²) in [6.45, 7) is 1.84. The van der Waals surface area contributed by atoms with Gasteiger partial charge in [-0.2, -0.15) is 17.2 Å². The van der Waals surface area contributed by atoms with Gasteiger partial charge in [0.25, 0.3) is 0 Å². The average Bonchev–Trinajstić information content (AvgIpc) is 2.74. The van der Waals surface area contributed by atoms with E-state index in [1.54, 1.807) is 0 Å². The van der Waals surface area contributed by atoms with Crippen LogP contribution in [-0.2, 0) is 33.9 Å². The van der Waals surface area contributed by atoms with E-state index in [0.717, 1.165) is 44.9 Å². The van der Waals surface area contributed by atoms with E-state index in [0.29, 0.717) is 25.7 Å².